The van der Waals surface area contributed by atoms with E-state index in [4.69, 9.17) is 4.74 Å². The first kappa shape index (κ1) is 59.1. The highest BCUT2D eigenvalue weighted by Gasteiger charge is 2.24. The minimum atomic E-state index is -0.788. The molecule has 0 aromatic heterocycles. The van der Waals surface area contributed by atoms with Crippen LogP contribution in [0.1, 0.15) is 278 Å². The van der Waals surface area contributed by atoms with Crippen molar-refractivity contribution in [1.82, 2.24) is 5.32 Å². The first-order valence-electron chi connectivity index (χ1n) is 26.7. The maximum absolute atomic E-state index is 13.2. The van der Waals surface area contributed by atoms with Crippen molar-refractivity contribution in [3.05, 3.63) is 36.5 Å². The number of esters is 1. The lowest BCUT2D eigenvalue weighted by molar-refractivity contribution is -0.151. The van der Waals surface area contributed by atoms with Gasteiger partial charge in [0.15, 0.2) is 0 Å². The van der Waals surface area contributed by atoms with E-state index in [1.807, 2.05) is 0 Å². The van der Waals surface area contributed by atoms with Crippen molar-refractivity contribution in [1.29, 1.82) is 0 Å². The molecule has 0 heterocycles. The van der Waals surface area contributed by atoms with Crippen LogP contribution in [0.25, 0.3) is 0 Å². The maximum Gasteiger partial charge on any atom is 0.306 e. The number of carbonyl (C=O) groups excluding carboxylic acids is 2. The molecule has 0 aliphatic rings. The average molecular weight is 858 g/mol. The van der Waals surface area contributed by atoms with E-state index in [0.29, 0.717) is 19.3 Å². The van der Waals surface area contributed by atoms with Gasteiger partial charge in [-0.3, -0.25) is 9.59 Å². The summed E-state index contributed by atoms with van der Waals surface area (Å²) in [6.45, 7) is 6.37. The fourth-order valence-electron chi connectivity index (χ4n) is 8.26. The molecule has 3 unspecified atom stereocenters. The van der Waals surface area contributed by atoms with Gasteiger partial charge in [0.05, 0.1) is 25.2 Å². The van der Waals surface area contributed by atoms with Crippen molar-refractivity contribution in [3.63, 3.8) is 0 Å². The molecule has 3 atom stereocenters. The third-order valence-corrected chi connectivity index (χ3v) is 12.3. The Kier molecular flexibility index (Phi) is 47.6. The van der Waals surface area contributed by atoms with E-state index in [2.05, 4.69) is 62.5 Å². The second-order valence-electron chi connectivity index (χ2n) is 18.3. The van der Waals surface area contributed by atoms with E-state index in [0.717, 1.165) is 70.6 Å². The quantitative estimate of drug-likeness (QED) is 0.0322. The van der Waals surface area contributed by atoms with Crippen molar-refractivity contribution >= 4 is 11.9 Å². The van der Waals surface area contributed by atoms with Gasteiger partial charge in [-0.2, -0.15) is 0 Å². The topological polar surface area (TPSA) is 95.9 Å². The van der Waals surface area contributed by atoms with Gasteiger partial charge >= 0.3 is 5.97 Å². The molecular formula is C55H103NO5. The summed E-state index contributed by atoms with van der Waals surface area (Å²) >= 11 is 0. The lowest BCUT2D eigenvalue weighted by Gasteiger charge is -2.24. The van der Waals surface area contributed by atoms with Crippen molar-refractivity contribution < 1.29 is 24.5 Å². The summed E-state index contributed by atoms with van der Waals surface area (Å²) in [4.78, 5) is 26.2. The van der Waals surface area contributed by atoms with Crippen LogP contribution in [0.4, 0.5) is 0 Å². The molecule has 0 saturated carbocycles. The van der Waals surface area contributed by atoms with Crippen LogP contribution in [-0.4, -0.2) is 46.9 Å². The SMILES string of the molecule is CC/C=C/C=C/C=C\CCCCCCCC(=O)OC(CCCCCCCCCCCCCCCCC)CC(=O)NC(CO)C(O)CCCCCCCCCCCCCCCC. The second kappa shape index (κ2) is 49.1. The fraction of sp³-hybridized carbons (Fsp3) is 0.855. The molecule has 358 valence electrons. The molecule has 0 radical (unpaired) electrons. The van der Waals surface area contributed by atoms with Crippen molar-refractivity contribution in [2.24, 2.45) is 0 Å². The molecule has 6 heteroatoms. The highest BCUT2D eigenvalue weighted by molar-refractivity contribution is 5.77. The normalized spacial score (nSPS) is 13.5. The van der Waals surface area contributed by atoms with Gasteiger partial charge in [-0.05, 0) is 44.9 Å². The Balaban J connectivity index is 4.56. The van der Waals surface area contributed by atoms with Crippen molar-refractivity contribution in [3.8, 4) is 0 Å². The minimum Gasteiger partial charge on any atom is -0.462 e. The number of nitrogens with one attached hydrogen (secondary N) is 1. The van der Waals surface area contributed by atoms with Gasteiger partial charge in [-0.25, -0.2) is 0 Å². The minimum absolute atomic E-state index is 0.0734. The van der Waals surface area contributed by atoms with Gasteiger partial charge in [-0.1, -0.05) is 256 Å². The summed E-state index contributed by atoms with van der Waals surface area (Å²) in [6.07, 6.45) is 57.7. The Morgan fingerprint density at radius 3 is 1.33 bits per heavy atom. The van der Waals surface area contributed by atoms with Crippen LogP contribution in [0.5, 0.6) is 0 Å². The van der Waals surface area contributed by atoms with Crippen LogP contribution in [0.2, 0.25) is 0 Å². The van der Waals surface area contributed by atoms with Crippen LogP contribution >= 0.6 is 0 Å². The van der Waals surface area contributed by atoms with Crippen LogP contribution in [-0.2, 0) is 14.3 Å². The van der Waals surface area contributed by atoms with Gasteiger partial charge < -0.3 is 20.3 Å². The standard InChI is InChI=1S/C55H103NO5/c1-4-7-10-13-16-19-22-25-27-29-31-34-37-40-43-46-51(61-55(60)48-45-42-39-36-33-28-24-21-18-15-12-9-6-3)49-54(59)56-52(50-57)53(58)47-44-41-38-35-32-30-26-23-20-17-14-11-8-5-2/h9,12,15,18,21,24,51-53,57-58H,4-8,10-11,13-14,16-17,19-20,22-23,25-50H2,1-3H3,(H,56,59)/b12-9+,18-15+,24-21-. The summed E-state index contributed by atoms with van der Waals surface area (Å²) in [5.74, 6) is -0.484. The molecule has 0 aromatic rings. The van der Waals surface area contributed by atoms with Gasteiger partial charge in [0.2, 0.25) is 5.91 Å². The summed E-state index contributed by atoms with van der Waals surface area (Å²) in [7, 11) is 0. The van der Waals surface area contributed by atoms with Gasteiger partial charge in [-0.15, -0.1) is 0 Å². The zero-order chi connectivity index (χ0) is 44.5. The number of unbranched alkanes of at least 4 members (excludes halogenated alkanes) is 32. The first-order valence-corrected chi connectivity index (χ1v) is 26.7. The summed E-state index contributed by atoms with van der Waals surface area (Å²) < 4.78 is 5.93. The number of amides is 1. The Morgan fingerprint density at radius 2 is 0.885 bits per heavy atom. The molecule has 0 saturated heterocycles. The summed E-state index contributed by atoms with van der Waals surface area (Å²) in [6, 6.07) is -0.702. The number of ether oxygens (including phenoxy) is 1. The number of allylic oxidation sites excluding steroid dienone is 6. The molecule has 0 aromatic carbocycles. The number of aliphatic hydroxyl groups excluding tert-OH is 2. The molecular weight excluding hydrogens is 755 g/mol. The number of hydrogen-bond donors (Lipinski definition) is 3. The molecule has 0 aliphatic carbocycles. The highest BCUT2D eigenvalue weighted by Crippen LogP contribution is 2.19. The van der Waals surface area contributed by atoms with Gasteiger partial charge in [0.1, 0.15) is 6.10 Å². The molecule has 6 nitrogen and oxygen atoms in total. The smallest absolute Gasteiger partial charge is 0.306 e. The summed E-state index contributed by atoms with van der Waals surface area (Å²) in [5.41, 5.74) is 0. The second-order valence-corrected chi connectivity index (χ2v) is 18.3. The van der Waals surface area contributed by atoms with E-state index < -0.39 is 18.2 Å². The number of hydrogen-bond acceptors (Lipinski definition) is 5. The predicted molar refractivity (Wildman–Crippen MR) is 264 cm³/mol. The predicted octanol–water partition coefficient (Wildman–Crippen LogP) is 16.1. The third-order valence-electron chi connectivity index (χ3n) is 12.3. The lowest BCUT2D eigenvalue weighted by atomic mass is 10.0. The number of rotatable bonds is 48. The number of carbonyl (C=O) groups is 2. The van der Waals surface area contributed by atoms with Gasteiger partial charge in [0, 0.05) is 6.42 Å². The van der Waals surface area contributed by atoms with Crippen LogP contribution in [0.3, 0.4) is 0 Å². The monoisotopic (exact) mass is 858 g/mol. The molecule has 1 amide bonds. The molecule has 0 spiro atoms. The lowest BCUT2D eigenvalue weighted by Crippen LogP contribution is -2.46. The van der Waals surface area contributed by atoms with E-state index in [1.165, 1.54) is 161 Å². The molecule has 3 N–H and O–H groups in total. The van der Waals surface area contributed by atoms with Crippen LogP contribution < -0.4 is 5.32 Å². The third kappa shape index (κ3) is 44.5. The highest BCUT2D eigenvalue weighted by atomic mass is 16.5. The Hall–Kier alpha value is -1.92. The number of aliphatic hydroxyl groups is 2. The zero-order valence-corrected chi connectivity index (χ0v) is 40.8. The van der Waals surface area contributed by atoms with E-state index in [1.54, 1.807) is 0 Å². The van der Waals surface area contributed by atoms with Crippen molar-refractivity contribution in [2.45, 2.75) is 296 Å². The average Bonchev–Trinajstić information content (AvgIpc) is 3.25. The van der Waals surface area contributed by atoms with E-state index in [-0.39, 0.29) is 24.9 Å². The first-order chi connectivity index (χ1) is 30.0. The van der Waals surface area contributed by atoms with Gasteiger partial charge in [0.25, 0.3) is 0 Å². The van der Waals surface area contributed by atoms with Crippen LogP contribution in [0, 0.1) is 0 Å². The largest absolute Gasteiger partial charge is 0.462 e. The Bertz CT molecular complexity index is 1010. The zero-order valence-electron chi connectivity index (χ0n) is 40.8. The maximum atomic E-state index is 13.2. The Labute approximate surface area is 379 Å². The molecule has 61 heavy (non-hydrogen) atoms. The molecule has 0 aliphatic heterocycles. The van der Waals surface area contributed by atoms with E-state index in [9.17, 15) is 19.8 Å². The molecule has 0 rings (SSSR count). The summed E-state index contributed by atoms with van der Waals surface area (Å²) in [5, 5.41) is 23.8. The Morgan fingerprint density at radius 1 is 0.492 bits per heavy atom. The van der Waals surface area contributed by atoms with Crippen molar-refractivity contribution in [2.75, 3.05) is 6.61 Å². The van der Waals surface area contributed by atoms with Crippen LogP contribution in [0.15, 0.2) is 36.5 Å². The molecule has 0 bridgehead atoms. The van der Waals surface area contributed by atoms with E-state index >= 15 is 0 Å². The fourth-order valence-corrected chi connectivity index (χ4v) is 8.26. The molecule has 0 fully saturated rings.